The van der Waals surface area contributed by atoms with Gasteiger partial charge in [-0.1, -0.05) is 0 Å². The van der Waals surface area contributed by atoms with Crippen LogP contribution in [0.2, 0.25) is 0 Å². The van der Waals surface area contributed by atoms with Crippen molar-refractivity contribution in [1.82, 2.24) is 10.2 Å². The number of nitrogens with one attached hydrogen (secondary N) is 1. The first-order valence-corrected chi connectivity index (χ1v) is 7.26. The van der Waals surface area contributed by atoms with Crippen molar-refractivity contribution in [2.24, 2.45) is 0 Å². The van der Waals surface area contributed by atoms with Gasteiger partial charge in [0.2, 0.25) is 0 Å². The number of rotatable bonds is 5. The van der Waals surface area contributed by atoms with Crippen molar-refractivity contribution in [3.05, 3.63) is 24.3 Å². The molecule has 0 saturated carbocycles. The molecule has 1 saturated heterocycles. The van der Waals surface area contributed by atoms with Crippen LogP contribution in [0.25, 0.3) is 0 Å². The van der Waals surface area contributed by atoms with E-state index in [1.807, 2.05) is 24.3 Å². The van der Waals surface area contributed by atoms with Crippen LogP contribution in [-0.4, -0.2) is 49.8 Å². The smallest absolute Gasteiger partial charge is 0.119 e. The molecular formula is C16H26N2O2. The molecule has 0 radical (unpaired) electrons. The second kappa shape index (κ2) is 6.46. The molecule has 1 N–H and O–H groups in total. The second-order valence-corrected chi connectivity index (χ2v) is 6.11. The van der Waals surface area contributed by atoms with Gasteiger partial charge in [0, 0.05) is 31.2 Å². The van der Waals surface area contributed by atoms with Gasteiger partial charge in [-0.3, -0.25) is 4.90 Å². The monoisotopic (exact) mass is 278 g/mol. The van der Waals surface area contributed by atoms with E-state index in [0.29, 0.717) is 12.6 Å². The summed E-state index contributed by atoms with van der Waals surface area (Å²) in [7, 11) is 1.67. The summed E-state index contributed by atoms with van der Waals surface area (Å²) in [4.78, 5) is 2.49. The minimum absolute atomic E-state index is 0.187. The van der Waals surface area contributed by atoms with Gasteiger partial charge in [0.1, 0.15) is 18.1 Å². The summed E-state index contributed by atoms with van der Waals surface area (Å²) in [6.07, 6.45) is 0. The highest BCUT2D eigenvalue weighted by atomic mass is 16.5. The Kier molecular flexibility index (Phi) is 4.89. The van der Waals surface area contributed by atoms with Crippen molar-refractivity contribution in [1.29, 1.82) is 0 Å². The zero-order valence-electron chi connectivity index (χ0n) is 13.0. The molecule has 2 rings (SSSR count). The standard InChI is InChI=1S/C16H26N2O2/c1-13-11-17-16(2,3)12-18(13)9-10-20-15-7-5-14(19-4)6-8-15/h5-8,13,17H,9-12H2,1-4H3. The normalized spacial score (nSPS) is 22.5. The maximum atomic E-state index is 5.81. The van der Waals surface area contributed by atoms with Crippen LogP contribution >= 0.6 is 0 Å². The Bertz CT molecular complexity index is 417. The average Bonchev–Trinajstić information content (AvgIpc) is 2.43. The predicted molar refractivity (Wildman–Crippen MR) is 81.6 cm³/mol. The van der Waals surface area contributed by atoms with Crippen molar-refractivity contribution in [3.8, 4) is 11.5 Å². The van der Waals surface area contributed by atoms with Gasteiger partial charge in [0.05, 0.1) is 7.11 Å². The quantitative estimate of drug-likeness (QED) is 0.895. The van der Waals surface area contributed by atoms with Crippen LogP contribution in [0.15, 0.2) is 24.3 Å². The van der Waals surface area contributed by atoms with E-state index in [9.17, 15) is 0 Å². The molecule has 1 heterocycles. The van der Waals surface area contributed by atoms with Crippen LogP contribution in [0.5, 0.6) is 11.5 Å². The zero-order valence-corrected chi connectivity index (χ0v) is 13.0. The van der Waals surface area contributed by atoms with E-state index in [1.165, 1.54) is 0 Å². The topological polar surface area (TPSA) is 33.7 Å². The number of ether oxygens (including phenoxy) is 2. The Hall–Kier alpha value is -1.26. The van der Waals surface area contributed by atoms with Crippen LogP contribution in [-0.2, 0) is 0 Å². The molecular weight excluding hydrogens is 252 g/mol. The average molecular weight is 278 g/mol. The van der Waals surface area contributed by atoms with Crippen LogP contribution in [0.3, 0.4) is 0 Å². The van der Waals surface area contributed by atoms with E-state index in [4.69, 9.17) is 9.47 Å². The molecule has 112 valence electrons. The number of benzene rings is 1. The first-order valence-electron chi connectivity index (χ1n) is 7.26. The van der Waals surface area contributed by atoms with Gasteiger partial charge in [0.15, 0.2) is 0 Å². The largest absolute Gasteiger partial charge is 0.497 e. The Morgan fingerprint density at radius 2 is 1.90 bits per heavy atom. The van der Waals surface area contributed by atoms with Crippen molar-refractivity contribution >= 4 is 0 Å². The molecule has 20 heavy (non-hydrogen) atoms. The second-order valence-electron chi connectivity index (χ2n) is 6.11. The maximum Gasteiger partial charge on any atom is 0.119 e. The fraction of sp³-hybridized carbons (Fsp3) is 0.625. The molecule has 4 nitrogen and oxygen atoms in total. The van der Waals surface area contributed by atoms with Crippen molar-refractivity contribution in [2.75, 3.05) is 33.4 Å². The number of methoxy groups -OCH3 is 1. The summed E-state index contributed by atoms with van der Waals surface area (Å²) in [6, 6.07) is 8.30. The van der Waals surface area contributed by atoms with E-state index in [-0.39, 0.29) is 5.54 Å². The lowest BCUT2D eigenvalue weighted by Gasteiger charge is -2.43. The fourth-order valence-corrected chi connectivity index (χ4v) is 2.52. The van der Waals surface area contributed by atoms with Crippen LogP contribution in [0.4, 0.5) is 0 Å². The van der Waals surface area contributed by atoms with E-state index in [2.05, 4.69) is 31.0 Å². The number of hydrogen-bond donors (Lipinski definition) is 1. The first kappa shape index (κ1) is 15.1. The van der Waals surface area contributed by atoms with Crippen molar-refractivity contribution < 1.29 is 9.47 Å². The van der Waals surface area contributed by atoms with Gasteiger partial charge in [-0.2, -0.15) is 0 Å². The van der Waals surface area contributed by atoms with E-state index in [0.717, 1.165) is 31.1 Å². The van der Waals surface area contributed by atoms with Crippen molar-refractivity contribution in [2.45, 2.75) is 32.4 Å². The highest BCUT2D eigenvalue weighted by Gasteiger charge is 2.29. The molecule has 0 amide bonds. The van der Waals surface area contributed by atoms with Gasteiger partial charge in [-0.05, 0) is 45.0 Å². The van der Waals surface area contributed by atoms with Crippen LogP contribution in [0, 0.1) is 0 Å². The lowest BCUT2D eigenvalue weighted by molar-refractivity contribution is 0.0887. The molecule has 0 bridgehead atoms. The molecule has 1 fully saturated rings. The van der Waals surface area contributed by atoms with Gasteiger partial charge in [-0.15, -0.1) is 0 Å². The third kappa shape index (κ3) is 4.12. The SMILES string of the molecule is COc1ccc(OCCN2CC(C)(C)NCC2C)cc1. The number of nitrogens with zero attached hydrogens (tertiary/aromatic N) is 1. The molecule has 1 aliphatic rings. The number of piperazine rings is 1. The summed E-state index contributed by atoms with van der Waals surface area (Å²) in [5.41, 5.74) is 0.187. The minimum atomic E-state index is 0.187. The Balaban J connectivity index is 1.79. The van der Waals surface area contributed by atoms with E-state index < -0.39 is 0 Å². The minimum Gasteiger partial charge on any atom is -0.497 e. The molecule has 4 heteroatoms. The highest BCUT2D eigenvalue weighted by Crippen LogP contribution is 2.18. The molecule has 1 aliphatic heterocycles. The van der Waals surface area contributed by atoms with Crippen LogP contribution < -0.4 is 14.8 Å². The summed E-state index contributed by atoms with van der Waals surface area (Å²) in [5, 5.41) is 3.56. The van der Waals surface area contributed by atoms with E-state index in [1.54, 1.807) is 7.11 Å². The summed E-state index contributed by atoms with van der Waals surface area (Å²) < 4.78 is 10.9. The lowest BCUT2D eigenvalue weighted by atomic mass is 9.99. The summed E-state index contributed by atoms with van der Waals surface area (Å²) >= 11 is 0. The fourth-order valence-electron chi connectivity index (χ4n) is 2.52. The maximum absolute atomic E-state index is 5.81. The van der Waals surface area contributed by atoms with Crippen LogP contribution in [0.1, 0.15) is 20.8 Å². The van der Waals surface area contributed by atoms with Gasteiger partial charge in [-0.25, -0.2) is 0 Å². The molecule has 0 aliphatic carbocycles. The Morgan fingerprint density at radius 3 is 2.55 bits per heavy atom. The third-order valence-corrected chi connectivity index (χ3v) is 3.80. The first-order chi connectivity index (χ1) is 9.50. The Morgan fingerprint density at radius 1 is 1.25 bits per heavy atom. The third-order valence-electron chi connectivity index (χ3n) is 3.80. The molecule has 1 aromatic carbocycles. The Labute approximate surface area is 122 Å². The molecule has 1 unspecified atom stereocenters. The van der Waals surface area contributed by atoms with Crippen molar-refractivity contribution in [3.63, 3.8) is 0 Å². The summed E-state index contributed by atoms with van der Waals surface area (Å²) in [5.74, 6) is 1.75. The molecule has 0 aromatic heterocycles. The molecule has 0 spiro atoms. The molecule has 1 aromatic rings. The lowest BCUT2D eigenvalue weighted by Crippen LogP contribution is -2.61. The van der Waals surface area contributed by atoms with Gasteiger partial charge in [0.25, 0.3) is 0 Å². The van der Waals surface area contributed by atoms with Gasteiger partial charge >= 0.3 is 0 Å². The molecule has 1 atom stereocenters. The number of hydrogen-bond acceptors (Lipinski definition) is 4. The predicted octanol–water partition coefficient (Wildman–Crippen LogP) is 2.15. The highest BCUT2D eigenvalue weighted by molar-refractivity contribution is 5.31. The zero-order chi connectivity index (χ0) is 14.6. The van der Waals surface area contributed by atoms with E-state index >= 15 is 0 Å². The van der Waals surface area contributed by atoms with Gasteiger partial charge < -0.3 is 14.8 Å². The summed E-state index contributed by atoms with van der Waals surface area (Å²) in [6.45, 7) is 10.5.